The summed E-state index contributed by atoms with van der Waals surface area (Å²) in [6.45, 7) is 3.51. The number of Topliss-reactive ketones (excluding diaryl/α,β-unsaturated/α-hetero) is 1. The largest absolute Gasteiger partial charge is 0.385 e. The van der Waals surface area contributed by atoms with Gasteiger partial charge in [-0.25, -0.2) is 0 Å². The molecule has 0 unspecified atom stereocenters. The maximum absolute atomic E-state index is 11.9. The molecule has 2 aromatic rings. The van der Waals surface area contributed by atoms with Crippen LogP contribution in [0.1, 0.15) is 25.5 Å². The Labute approximate surface area is 113 Å². The SMILES string of the molecule is CCn1nc(CC(=O)CCCOC)c2ccccc21. The first-order chi connectivity index (χ1) is 9.26. The van der Waals surface area contributed by atoms with Crippen molar-refractivity contribution in [3.8, 4) is 0 Å². The minimum atomic E-state index is 0.226. The third-order valence-electron chi connectivity index (χ3n) is 3.20. The average molecular weight is 260 g/mol. The molecule has 0 saturated heterocycles. The number of rotatable bonds is 7. The lowest BCUT2D eigenvalue weighted by Gasteiger charge is -1.99. The molecule has 1 aromatic heterocycles. The topological polar surface area (TPSA) is 44.1 Å². The maximum atomic E-state index is 11.9. The van der Waals surface area contributed by atoms with Crippen LogP contribution in [-0.4, -0.2) is 29.3 Å². The van der Waals surface area contributed by atoms with Gasteiger partial charge in [-0.05, 0) is 19.4 Å². The van der Waals surface area contributed by atoms with E-state index < -0.39 is 0 Å². The second-order valence-corrected chi connectivity index (χ2v) is 4.59. The van der Waals surface area contributed by atoms with E-state index in [0.717, 1.165) is 29.6 Å². The van der Waals surface area contributed by atoms with E-state index >= 15 is 0 Å². The van der Waals surface area contributed by atoms with Gasteiger partial charge in [-0.1, -0.05) is 18.2 Å². The van der Waals surface area contributed by atoms with Gasteiger partial charge in [0.1, 0.15) is 5.78 Å². The molecule has 4 heteroatoms. The zero-order chi connectivity index (χ0) is 13.7. The normalized spacial score (nSPS) is 11.1. The standard InChI is InChI=1S/C15H20N2O2/c1-3-17-15-9-5-4-8-13(15)14(16-17)11-12(18)7-6-10-19-2/h4-5,8-9H,3,6-7,10-11H2,1-2H3. The zero-order valence-electron chi connectivity index (χ0n) is 11.6. The molecule has 0 N–H and O–H groups in total. The number of nitrogens with zero attached hydrogens (tertiary/aromatic N) is 2. The van der Waals surface area contributed by atoms with E-state index in [9.17, 15) is 4.79 Å². The minimum Gasteiger partial charge on any atom is -0.385 e. The summed E-state index contributed by atoms with van der Waals surface area (Å²) in [5.74, 6) is 0.226. The van der Waals surface area contributed by atoms with Crippen LogP contribution in [0.5, 0.6) is 0 Å². The molecule has 4 nitrogen and oxygen atoms in total. The molecule has 0 aliphatic carbocycles. The van der Waals surface area contributed by atoms with Crippen LogP contribution in [0.25, 0.3) is 10.9 Å². The van der Waals surface area contributed by atoms with Gasteiger partial charge in [0.25, 0.3) is 0 Å². The molecule has 0 saturated carbocycles. The van der Waals surface area contributed by atoms with E-state index in [-0.39, 0.29) is 5.78 Å². The summed E-state index contributed by atoms with van der Waals surface area (Å²) in [5.41, 5.74) is 1.99. The zero-order valence-corrected chi connectivity index (χ0v) is 11.6. The van der Waals surface area contributed by atoms with E-state index in [1.54, 1.807) is 7.11 Å². The number of hydrogen-bond acceptors (Lipinski definition) is 3. The molecule has 1 heterocycles. The molecular formula is C15H20N2O2. The van der Waals surface area contributed by atoms with Crippen LogP contribution in [0.2, 0.25) is 0 Å². The summed E-state index contributed by atoms with van der Waals surface area (Å²) >= 11 is 0. The number of para-hydroxylation sites is 1. The van der Waals surface area contributed by atoms with Crippen LogP contribution in [-0.2, 0) is 22.5 Å². The van der Waals surface area contributed by atoms with E-state index in [2.05, 4.69) is 12.0 Å². The third-order valence-corrected chi connectivity index (χ3v) is 3.20. The molecule has 0 bridgehead atoms. The molecule has 0 aliphatic rings. The molecule has 0 fully saturated rings. The van der Waals surface area contributed by atoms with Crippen LogP contribution in [0.4, 0.5) is 0 Å². The first-order valence-electron chi connectivity index (χ1n) is 6.71. The van der Waals surface area contributed by atoms with Gasteiger partial charge in [0.15, 0.2) is 0 Å². The number of methoxy groups -OCH3 is 1. The Hall–Kier alpha value is -1.68. The van der Waals surface area contributed by atoms with E-state index in [1.807, 2.05) is 28.9 Å². The summed E-state index contributed by atoms with van der Waals surface area (Å²) in [4.78, 5) is 11.9. The van der Waals surface area contributed by atoms with E-state index in [4.69, 9.17) is 4.74 Å². The van der Waals surface area contributed by atoms with Gasteiger partial charge in [0.05, 0.1) is 17.6 Å². The molecule has 2 rings (SSSR count). The summed E-state index contributed by atoms with van der Waals surface area (Å²) in [7, 11) is 1.65. The van der Waals surface area contributed by atoms with Crippen LogP contribution < -0.4 is 0 Å². The molecule has 0 aliphatic heterocycles. The van der Waals surface area contributed by atoms with Crippen molar-refractivity contribution < 1.29 is 9.53 Å². The van der Waals surface area contributed by atoms with Gasteiger partial charge in [-0.15, -0.1) is 0 Å². The van der Waals surface area contributed by atoms with Crippen LogP contribution in [0.15, 0.2) is 24.3 Å². The van der Waals surface area contributed by atoms with Crippen LogP contribution >= 0.6 is 0 Å². The molecule has 0 radical (unpaired) electrons. The van der Waals surface area contributed by atoms with Crippen molar-refractivity contribution in [1.82, 2.24) is 9.78 Å². The third kappa shape index (κ3) is 3.20. The first kappa shape index (κ1) is 13.7. The highest BCUT2D eigenvalue weighted by Gasteiger charge is 2.12. The molecule has 0 atom stereocenters. The number of carbonyl (C=O) groups excluding carboxylic acids is 1. The number of hydrogen-bond donors (Lipinski definition) is 0. The Bertz CT molecular complexity index is 560. The summed E-state index contributed by atoms with van der Waals surface area (Å²) < 4.78 is 6.91. The fourth-order valence-corrected chi connectivity index (χ4v) is 2.26. The second kappa shape index (κ2) is 6.48. The second-order valence-electron chi connectivity index (χ2n) is 4.59. The van der Waals surface area contributed by atoms with Gasteiger partial charge in [0.2, 0.25) is 0 Å². The number of fused-ring (bicyclic) bond motifs is 1. The van der Waals surface area contributed by atoms with Crippen LogP contribution in [0.3, 0.4) is 0 Å². The Morgan fingerprint density at radius 1 is 1.37 bits per heavy atom. The van der Waals surface area contributed by atoms with Crippen molar-refractivity contribution >= 4 is 16.7 Å². The lowest BCUT2D eigenvalue weighted by atomic mass is 10.1. The number of ketones is 1. The molecule has 102 valence electrons. The van der Waals surface area contributed by atoms with E-state index in [0.29, 0.717) is 19.4 Å². The first-order valence-corrected chi connectivity index (χ1v) is 6.71. The number of aryl methyl sites for hydroxylation is 1. The Morgan fingerprint density at radius 3 is 2.89 bits per heavy atom. The van der Waals surface area contributed by atoms with Crippen molar-refractivity contribution in [3.63, 3.8) is 0 Å². The Balaban J connectivity index is 2.14. The summed E-state index contributed by atoms with van der Waals surface area (Å²) in [6, 6.07) is 8.07. The van der Waals surface area contributed by atoms with Crippen molar-refractivity contribution in [1.29, 1.82) is 0 Å². The Kier molecular flexibility index (Phi) is 4.68. The number of carbonyl (C=O) groups is 1. The molecular weight excluding hydrogens is 240 g/mol. The predicted molar refractivity (Wildman–Crippen MR) is 75.2 cm³/mol. The maximum Gasteiger partial charge on any atom is 0.139 e. The lowest BCUT2D eigenvalue weighted by molar-refractivity contribution is -0.118. The molecule has 1 aromatic carbocycles. The highest BCUT2D eigenvalue weighted by molar-refractivity contribution is 5.88. The van der Waals surface area contributed by atoms with Gasteiger partial charge in [-0.2, -0.15) is 5.10 Å². The monoisotopic (exact) mass is 260 g/mol. The fraction of sp³-hybridized carbons (Fsp3) is 0.467. The van der Waals surface area contributed by atoms with Crippen molar-refractivity contribution in [2.75, 3.05) is 13.7 Å². The van der Waals surface area contributed by atoms with Gasteiger partial charge in [-0.3, -0.25) is 9.48 Å². The smallest absolute Gasteiger partial charge is 0.139 e. The quantitative estimate of drug-likeness (QED) is 0.719. The highest BCUT2D eigenvalue weighted by Crippen LogP contribution is 2.19. The van der Waals surface area contributed by atoms with Gasteiger partial charge < -0.3 is 4.74 Å². The van der Waals surface area contributed by atoms with Crippen LogP contribution in [0, 0.1) is 0 Å². The van der Waals surface area contributed by atoms with Crippen molar-refractivity contribution in [2.24, 2.45) is 0 Å². The summed E-state index contributed by atoms with van der Waals surface area (Å²) in [6.07, 6.45) is 1.75. The number of benzene rings is 1. The number of aromatic nitrogens is 2. The Morgan fingerprint density at radius 2 is 2.16 bits per heavy atom. The van der Waals surface area contributed by atoms with Crippen molar-refractivity contribution in [3.05, 3.63) is 30.0 Å². The molecule has 0 amide bonds. The fourth-order valence-electron chi connectivity index (χ4n) is 2.26. The minimum absolute atomic E-state index is 0.226. The van der Waals surface area contributed by atoms with Gasteiger partial charge >= 0.3 is 0 Å². The van der Waals surface area contributed by atoms with Gasteiger partial charge in [0, 0.05) is 32.1 Å². The predicted octanol–water partition coefficient (Wildman–Crippen LogP) is 2.59. The number of ether oxygens (including phenoxy) is 1. The molecule has 0 spiro atoms. The van der Waals surface area contributed by atoms with Crippen molar-refractivity contribution in [2.45, 2.75) is 32.7 Å². The average Bonchev–Trinajstić information content (AvgIpc) is 2.77. The van der Waals surface area contributed by atoms with E-state index in [1.165, 1.54) is 0 Å². The lowest BCUT2D eigenvalue weighted by Crippen LogP contribution is -2.06. The molecule has 19 heavy (non-hydrogen) atoms. The summed E-state index contributed by atoms with van der Waals surface area (Å²) in [5, 5.41) is 5.63. The highest BCUT2D eigenvalue weighted by atomic mass is 16.5.